The monoisotopic (exact) mass is 429 g/mol. The minimum atomic E-state index is -0.565. The zero-order chi connectivity index (χ0) is 22.9. The van der Waals surface area contributed by atoms with Crippen molar-refractivity contribution in [2.24, 2.45) is 0 Å². The average molecular weight is 429 g/mol. The lowest BCUT2D eigenvalue weighted by molar-refractivity contribution is -0.118. The van der Waals surface area contributed by atoms with E-state index in [2.05, 4.69) is 10.6 Å². The van der Waals surface area contributed by atoms with Crippen molar-refractivity contribution in [3.63, 3.8) is 0 Å². The molecule has 0 bridgehead atoms. The normalized spacial score (nSPS) is 10.7. The molecule has 0 aliphatic heterocycles. The number of amides is 2. The molecule has 160 valence electrons. The lowest BCUT2D eigenvalue weighted by Crippen LogP contribution is -2.21. The number of ether oxygens (including phenoxy) is 1. The summed E-state index contributed by atoms with van der Waals surface area (Å²) in [5.74, 6) is -1.37. The number of carbonyl (C=O) groups is 2. The number of nitrogens with zero attached hydrogens (tertiary/aromatic N) is 1. The van der Waals surface area contributed by atoms with E-state index in [1.54, 1.807) is 48.5 Å². The molecule has 0 unspecified atom stereocenters. The van der Waals surface area contributed by atoms with Crippen LogP contribution >= 0.6 is 0 Å². The third kappa shape index (κ3) is 6.03. The highest BCUT2D eigenvalue weighted by Gasteiger charge is 2.13. The van der Waals surface area contributed by atoms with Crippen LogP contribution in [0.2, 0.25) is 0 Å². The van der Waals surface area contributed by atoms with Crippen LogP contribution in [-0.2, 0) is 9.59 Å². The fraction of sp³-hybridized carbons (Fsp3) is 0.0800. The molecule has 7 heteroatoms. The minimum absolute atomic E-state index is 0.0499. The quantitative estimate of drug-likeness (QED) is 0.421. The molecule has 3 aromatic carbocycles. The molecule has 0 aliphatic rings. The maximum atomic E-state index is 13.7. The molecule has 32 heavy (non-hydrogen) atoms. The second-order valence-corrected chi connectivity index (χ2v) is 6.85. The molecule has 6 nitrogen and oxygen atoms in total. The van der Waals surface area contributed by atoms with Crippen LogP contribution in [0.4, 0.5) is 15.8 Å². The zero-order valence-electron chi connectivity index (χ0n) is 17.3. The van der Waals surface area contributed by atoms with E-state index in [4.69, 9.17) is 4.74 Å². The lowest BCUT2D eigenvalue weighted by Gasteiger charge is -2.11. The summed E-state index contributed by atoms with van der Waals surface area (Å²) < 4.78 is 19.2. The molecular weight excluding hydrogens is 409 g/mol. The van der Waals surface area contributed by atoms with Gasteiger partial charge in [-0.15, -0.1) is 0 Å². The number of rotatable bonds is 7. The first-order valence-electron chi connectivity index (χ1n) is 9.72. The van der Waals surface area contributed by atoms with Gasteiger partial charge >= 0.3 is 0 Å². The number of aryl methyl sites for hydroxylation is 1. The Morgan fingerprint density at radius 1 is 1.03 bits per heavy atom. The van der Waals surface area contributed by atoms with Crippen molar-refractivity contribution in [2.75, 3.05) is 17.2 Å². The molecular formula is C25H20FN3O3. The molecule has 2 N–H and O–H groups in total. The smallest absolute Gasteiger partial charge is 0.266 e. The Morgan fingerprint density at radius 3 is 2.53 bits per heavy atom. The Morgan fingerprint density at radius 2 is 1.78 bits per heavy atom. The van der Waals surface area contributed by atoms with Crippen molar-refractivity contribution < 1.29 is 18.7 Å². The highest BCUT2D eigenvalue weighted by atomic mass is 19.1. The zero-order valence-corrected chi connectivity index (χ0v) is 17.3. The van der Waals surface area contributed by atoms with Gasteiger partial charge in [-0.3, -0.25) is 9.59 Å². The molecule has 0 saturated heterocycles. The largest absolute Gasteiger partial charge is 0.483 e. The summed E-state index contributed by atoms with van der Waals surface area (Å²) in [4.78, 5) is 24.7. The van der Waals surface area contributed by atoms with E-state index in [0.717, 1.165) is 5.56 Å². The van der Waals surface area contributed by atoms with Gasteiger partial charge in [0.1, 0.15) is 23.2 Å². The summed E-state index contributed by atoms with van der Waals surface area (Å²) in [7, 11) is 0. The molecule has 0 atom stereocenters. The SMILES string of the molecule is Cc1cccc(NC(=O)C(C#N)=Cc2ccccc2OCC(=O)Nc2ccccc2F)c1. The van der Waals surface area contributed by atoms with Crippen molar-refractivity contribution in [3.05, 3.63) is 95.3 Å². The van der Waals surface area contributed by atoms with Crippen LogP contribution in [0.5, 0.6) is 5.75 Å². The van der Waals surface area contributed by atoms with E-state index >= 15 is 0 Å². The van der Waals surface area contributed by atoms with Gasteiger partial charge in [0.15, 0.2) is 6.61 Å². The average Bonchev–Trinajstić information content (AvgIpc) is 2.78. The molecule has 0 heterocycles. The molecule has 0 aliphatic carbocycles. The topological polar surface area (TPSA) is 91.2 Å². The van der Waals surface area contributed by atoms with Crippen molar-refractivity contribution in [1.82, 2.24) is 0 Å². The molecule has 3 aromatic rings. The fourth-order valence-corrected chi connectivity index (χ4v) is 2.85. The summed E-state index contributed by atoms with van der Waals surface area (Å²) in [6.45, 7) is 1.52. The second-order valence-electron chi connectivity index (χ2n) is 6.85. The van der Waals surface area contributed by atoms with E-state index < -0.39 is 17.6 Å². The Balaban J connectivity index is 1.71. The number of hydrogen-bond donors (Lipinski definition) is 2. The second kappa shape index (κ2) is 10.5. The van der Waals surface area contributed by atoms with Crippen LogP contribution in [0, 0.1) is 24.1 Å². The Bertz CT molecular complexity index is 1210. The van der Waals surface area contributed by atoms with Gasteiger partial charge in [0.2, 0.25) is 0 Å². The highest BCUT2D eigenvalue weighted by molar-refractivity contribution is 6.09. The maximum Gasteiger partial charge on any atom is 0.266 e. The number of halogens is 1. The molecule has 2 amide bonds. The molecule has 0 saturated carbocycles. The van der Waals surface area contributed by atoms with Crippen LogP contribution in [0.15, 0.2) is 78.4 Å². The molecule has 0 aromatic heterocycles. The molecule has 3 rings (SSSR count). The van der Waals surface area contributed by atoms with Gasteiger partial charge in [-0.25, -0.2) is 4.39 Å². The maximum absolute atomic E-state index is 13.7. The van der Waals surface area contributed by atoms with Crippen molar-refractivity contribution >= 4 is 29.3 Å². The molecule has 0 fully saturated rings. The highest BCUT2D eigenvalue weighted by Crippen LogP contribution is 2.22. The van der Waals surface area contributed by atoms with E-state index in [1.807, 2.05) is 19.1 Å². The summed E-state index contributed by atoms with van der Waals surface area (Å²) in [6, 6.07) is 21.6. The van der Waals surface area contributed by atoms with E-state index in [-0.39, 0.29) is 17.9 Å². The number of benzene rings is 3. The van der Waals surface area contributed by atoms with Gasteiger partial charge in [0, 0.05) is 11.3 Å². The van der Waals surface area contributed by atoms with Crippen LogP contribution in [0.1, 0.15) is 11.1 Å². The predicted octanol–water partition coefficient (Wildman–Crippen LogP) is 4.70. The number of carbonyl (C=O) groups excluding carboxylic acids is 2. The number of hydrogen-bond acceptors (Lipinski definition) is 4. The van der Waals surface area contributed by atoms with Crippen molar-refractivity contribution in [3.8, 4) is 11.8 Å². The van der Waals surface area contributed by atoms with Gasteiger partial charge in [0.05, 0.1) is 5.69 Å². The fourth-order valence-electron chi connectivity index (χ4n) is 2.85. The predicted molar refractivity (Wildman–Crippen MR) is 120 cm³/mol. The molecule has 0 radical (unpaired) electrons. The van der Waals surface area contributed by atoms with Crippen LogP contribution < -0.4 is 15.4 Å². The Kier molecular flexibility index (Phi) is 7.33. The van der Waals surface area contributed by atoms with Gasteiger partial charge in [-0.05, 0) is 48.9 Å². The summed E-state index contributed by atoms with van der Waals surface area (Å²) >= 11 is 0. The summed E-state index contributed by atoms with van der Waals surface area (Å²) in [5, 5.41) is 14.6. The van der Waals surface area contributed by atoms with Crippen LogP contribution in [0.3, 0.4) is 0 Å². The number of nitriles is 1. The van der Waals surface area contributed by atoms with Gasteiger partial charge in [-0.1, -0.05) is 42.5 Å². The number of nitrogens with one attached hydrogen (secondary N) is 2. The Labute approximate surface area is 185 Å². The van der Waals surface area contributed by atoms with Gasteiger partial charge in [0.25, 0.3) is 11.8 Å². The van der Waals surface area contributed by atoms with E-state index in [9.17, 15) is 19.2 Å². The third-order valence-electron chi connectivity index (χ3n) is 4.37. The first-order chi connectivity index (χ1) is 15.5. The van der Waals surface area contributed by atoms with Gasteiger partial charge in [-0.2, -0.15) is 5.26 Å². The number of anilines is 2. The lowest BCUT2D eigenvalue weighted by atomic mass is 10.1. The first kappa shape index (κ1) is 22.2. The third-order valence-corrected chi connectivity index (χ3v) is 4.37. The van der Waals surface area contributed by atoms with Crippen LogP contribution in [-0.4, -0.2) is 18.4 Å². The first-order valence-corrected chi connectivity index (χ1v) is 9.72. The van der Waals surface area contributed by atoms with Crippen molar-refractivity contribution in [1.29, 1.82) is 5.26 Å². The van der Waals surface area contributed by atoms with E-state index in [1.165, 1.54) is 24.3 Å². The molecule has 0 spiro atoms. The number of para-hydroxylation sites is 2. The van der Waals surface area contributed by atoms with Crippen molar-refractivity contribution in [2.45, 2.75) is 6.92 Å². The Hall–Kier alpha value is -4.44. The summed E-state index contributed by atoms with van der Waals surface area (Å²) in [5.41, 5.74) is 1.91. The van der Waals surface area contributed by atoms with E-state index in [0.29, 0.717) is 17.0 Å². The standard InChI is InChI=1S/C25H20FN3O3/c1-17-7-6-9-20(13-17)28-25(31)19(15-27)14-18-8-2-5-12-23(18)32-16-24(30)29-22-11-4-3-10-21(22)26/h2-14H,16H2,1H3,(H,28,31)(H,29,30). The summed E-state index contributed by atoms with van der Waals surface area (Å²) in [6.07, 6.45) is 1.38. The minimum Gasteiger partial charge on any atom is -0.483 e. The van der Waals surface area contributed by atoms with Gasteiger partial charge < -0.3 is 15.4 Å². The van der Waals surface area contributed by atoms with Crippen LogP contribution in [0.25, 0.3) is 6.08 Å².